The van der Waals surface area contributed by atoms with E-state index in [4.69, 9.17) is 0 Å². The summed E-state index contributed by atoms with van der Waals surface area (Å²) in [6, 6.07) is 2.89. The van der Waals surface area contributed by atoms with Crippen molar-refractivity contribution in [1.82, 2.24) is 4.90 Å². The molecule has 2 aliphatic heterocycles. The second-order valence-corrected chi connectivity index (χ2v) is 6.44. The lowest BCUT2D eigenvalue weighted by atomic mass is 9.98. The summed E-state index contributed by atoms with van der Waals surface area (Å²) in [6.45, 7) is 6.52. The van der Waals surface area contributed by atoms with Crippen LogP contribution in [0.1, 0.15) is 25.5 Å². The summed E-state index contributed by atoms with van der Waals surface area (Å²) in [6.07, 6.45) is -1.27. The molecule has 0 aliphatic carbocycles. The van der Waals surface area contributed by atoms with E-state index in [0.29, 0.717) is 23.5 Å². The molecule has 2 N–H and O–H groups in total. The number of rotatable bonds is 1. The fourth-order valence-electron chi connectivity index (χ4n) is 2.94. The number of nitrogens with one attached hydrogen (secondary N) is 1. The molecule has 1 aromatic carbocycles. The molecule has 2 aliphatic rings. The van der Waals surface area contributed by atoms with Crippen LogP contribution in [0.25, 0.3) is 0 Å². The van der Waals surface area contributed by atoms with E-state index in [9.17, 15) is 14.3 Å². The molecular formula is C15H20FN3O2. The number of piperazine rings is 1. The molecule has 5 nitrogen and oxygen atoms in total. The Kier molecular flexibility index (Phi) is 3.18. The molecule has 0 radical (unpaired) electrons. The van der Waals surface area contributed by atoms with Gasteiger partial charge in [-0.25, -0.2) is 4.39 Å². The number of carbonyl (C=O) groups excluding carboxylic acids is 1. The summed E-state index contributed by atoms with van der Waals surface area (Å²) in [5, 5.41) is 12.3. The van der Waals surface area contributed by atoms with Gasteiger partial charge in [-0.1, -0.05) is 0 Å². The monoisotopic (exact) mass is 293 g/mol. The first-order valence-electron chi connectivity index (χ1n) is 7.08. The van der Waals surface area contributed by atoms with E-state index in [1.165, 1.54) is 6.07 Å². The average Bonchev–Trinajstić information content (AvgIpc) is 2.68. The number of fused-ring (bicyclic) bond motifs is 1. The zero-order chi connectivity index (χ0) is 15.4. The molecule has 6 heteroatoms. The molecule has 21 heavy (non-hydrogen) atoms. The molecule has 0 bridgehead atoms. The highest BCUT2D eigenvalue weighted by atomic mass is 19.1. The van der Waals surface area contributed by atoms with Gasteiger partial charge in [-0.05, 0) is 33.0 Å². The van der Waals surface area contributed by atoms with Crippen LogP contribution in [0.2, 0.25) is 0 Å². The van der Waals surface area contributed by atoms with Gasteiger partial charge in [0, 0.05) is 36.4 Å². The van der Waals surface area contributed by atoms with E-state index >= 15 is 0 Å². The van der Waals surface area contributed by atoms with Crippen LogP contribution < -0.4 is 10.2 Å². The number of likely N-dealkylation sites (N-methyl/N-ethyl adjacent to an activating group) is 1. The number of hydrogen-bond acceptors (Lipinski definition) is 4. The third-order valence-electron chi connectivity index (χ3n) is 4.58. The highest BCUT2D eigenvalue weighted by molar-refractivity contribution is 6.02. The van der Waals surface area contributed by atoms with E-state index in [1.807, 2.05) is 4.90 Å². The molecule has 114 valence electrons. The molecule has 1 atom stereocenters. The van der Waals surface area contributed by atoms with Crippen molar-refractivity contribution in [3.8, 4) is 0 Å². The molecular weight excluding hydrogens is 273 g/mol. The van der Waals surface area contributed by atoms with Crippen molar-refractivity contribution in [2.24, 2.45) is 0 Å². The van der Waals surface area contributed by atoms with Gasteiger partial charge in [0.15, 0.2) is 6.10 Å². The number of benzene rings is 1. The van der Waals surface area contributed by atoms with E-state index in [1.54, 1.807) is 6.07 Å². The molecule has 3 rings (SSSR count). The van der Waals surface area contributed by atoms with Gasteiger partial charge in [-0.2, -0.15) is 0 Å². The first-order chi connectivity index (χ1) is 9.79. The number of aliphatic hydroxyl groups is 1. The molecule has 1 amide bonds. The highest BCUT2D eigenvalue weighted by Gasteiger charge is 2.34. The zero-order valence-electron chi connectivity index (χ0n) is 12.5. The summed E-state index contributed by atoms with van der Waals surface area (Å²) >= 11 is 0. The third kappa shape index (κ3) is 2.28. The van der Waals surface area contributed by atoms with Crippen LogP contribution >= 0.6 is 0 Å². The Balaban J connectivity index is 1.94. The lowest BCUT2D eigenvalue weighted by Gasteiger charge is -2.46. The van der Waals surface area contributed by atoms with Gasteiger partial charge < -0.3 is 15.3 Å². The number of halogens is 1. The molecule has 2 heterocycles. The van der Waals surface area contributed by atoms with Crippen molar-refractivity contribution in [1.29, 1.82) is 0 Å². The average molecular weight is 293 g/mol. The van der Waals surface area contributed by atoms with Gasteiger partial charge in [0.25, 0.3) is 5.91 Å². The molecule has 0 saturated carbocycles. The van der Waals surface area contributed by atoms with E-state index in [-0.39, 0.29) is 5.54 Å². The Morgan fingerprint density at radius 3 is 2.76 bits per heavy atom. The van der Waals surface area contributed by atoms with Gasteiger partial charge in [0.05, 0.1) is 5.69 Å². The van der Waals surface area contributed by atoms with Crippen molar-refractivity contribution < 1.29 is 14.3 Å². The maximum atomic E-state index is 14.4. The maximum absolute atomic E-state index is 14.4. The maximum Gasteiger partial charge on any atom is 0.257 e. The fraction of sp³-hybridized carbons (Fsp3) is 0.533. The van der Waals surface area contributed by atoms with Gasteiger partial charge in [-0.3, -0.25) is 9.69 Å². The van der Waals surface area contributed by atoms with Crippen molar-refractivity contribution in [3.63, 3.8) is 0 Å². The number of amides is 1. The smallest absolute Gasteiger partial charge is 0.257 e. The lowest BCUT2D eigenvalue weighted by Crippen LogP contribution is -2.57. The number of hydrogen-bond donors (Lipinski definition) is 2. The number of anilines is 2. The molecule has 1 saturated heterocycles. The minimum Gasteiger partial charge on any atom is -0.378 e. The normalized spacial score (nSPS) is 24.9. The first-order valence-corrected chi connectivity index (χ1v) is 7.08. The summed E-state index contributed by atoms with van der Waals surface area (Å²) in [7, 11) is 2.06. The standard InChI is InChI=1S/C15H20FN3O2/c1-15(2)8-19(5-4-18(15)3)12-7-11-9(6-10(12)16)13(20)14(21)17-11/h6-7,13,20H,4-5,8H2,1-3H3,(H,17,21). The van der Waals surface area contributed by atoms with E-state index in [2.05, 4.69) is 31.1 Å². The van der Waals surface area contributed by atoms with Crippen LogP contribution in [0.5, 0.6) is 0 Å². The molecule has 0 aromatic heterocycles. The first kappa shape index (κ1) is 14.3. The van der Waals surface area contributed by atoms with Crippen molar-refractivity contribution in [3.05, 3.63) is 23.5 Å². The zero-order valence-corrected chi connectivity index (χ0v) is 12.5. The summed E-state index contributed by atoms with van der Waals surface area (Å²) in [4.78, 5) is 15.7. The van der Waals surface area contributed by atoms with Crippen LogP contribution in [0.15, 0.2) is 12.1 Å². The van der Waals surface area contributed by atoms with E-state index in [0.717, 1.165) is 13.1 Å². The van der Waals surface area contributed by atoms with Gasteiger partial charge in [-0.15, -0.1) is 0 Å². The predicted molar refractivity (Wildman–Crippen MR) is 78.9 cm³/mol. The van der Waals surface area contributed by atoms with Crippen molar-refractivity contribution >= 4 is 17.3 Å². The molecule has 1 fully saturated rings. The number of nitrogens with zero attached hydrogens (tertiary/aromatic N) is 2. The second-order valence-electron chi connectivity index (χ2n) is 6.44. The van der Waals surface area contributed by atoms with Crippen LogP contribution in [0.4, 0.5) is 15.8 Å². The Morgan fingerprint density at radius 1 is 1.38 bits per heavy atom. The lowest BCUT2D eigenvalue weighted by molar-refractivity contribution is -0.123. The fourth-order valence-corrected chi connectivity index (χ4v) is 2.94. The Labute approximate surface area is 123 Å². The second kappa shape index (κ2) is 4.68. The Hall–Kier alpha value is -1.66. The SMILES string of the molecule is CN1CCN(c2cc3c(cc2F)C(O)C(=O)N3)CC1(C)C. The van der Waals surface area contributed by atoms with E-state index < -0.39 is 17.8 Å². The van der Waals surface area contributed by atoms with Crippen molar-refractivity contribution in [2.75, 3.05) is 36.9 Å². The van der Waals surface area contributed by atoms with Crippen LogP contribution in [0.3, 0.4) is 0 Å². The summed E-state index contributed by atoms with van der Waals surface area (Å²) < 4.78 is 14.4. The van der Waals surface area contributed by atoms with Gasteiger partial charge >= 0.3 is 0 Å². The van der Waals surface area contributed by atoms with Crippen molar-refractivity contribution in [2.45, 2.75) is 25.5 Å². The summed E-state index contributed by atoms with van der Waals surface area (Å²) in [5.41, 5.74) is 1.24. The number of aliphatic hydroxyl groups excluding tert-OH is 1. The minimum atomic E-state index is -1.27. The quantitative estimate of drug-likeness (QED) is 0.820. The minimum absolute atomic E-state index is 0.0491. The Bertz CT molecular complexity index is 603. The largest absolute Gasteiger partial charge is 0.378 e. The molecule has 1 unspecified atom stereocenters. The number of carbonyl (C=O) groups is 1. The topological polar surface area (TPSA) is 55.8 Å². The van der Waals surface area contributed by atoms with Crippen LogP contribution in [-0.4, -0.2) is 48.1 Å². The Morgan fingerprint density at radius 2 is 2.10 bits per heavy atom. The van der Waals surface area contributed by atoms with Gasteiger partial charge in [0.1, 0.15) is 5.82 Å². The third-order valence-corrected chi connectivity index (χ3v) is 4.58. The predicted octanol–water partition coefficient (Wildman–Crippen LogP) is 1.34. The van der Waals surface area contributed by atoms with Crippen LogP contribution in [-0.2, 0) is 4.79 Å². The van der Waals surface area contributed by atoms with Crippen LogP contribution in [0, 0.1) is 5.82 Å². The van der Waals surface area contributed by atoms with Gasteiger partial charge in [0.2, 0.25) is 0 Å². The molecule has 1 aromatic rings. The highest BCUT2D eigenvalue weighted by Crippen LogP contribution is 2.37. The summed E-state index contributed by atoms with van der Waals surface area (Å²) in [5.74, 6) is -0.898. The molecule has 0 spiro atoms.